The molecule has 5 nitrogen and oxygen atoms in total. The third-order valence-electron chi connectivity index (χ3n) is 4.23. The number of furan rings is 1. The molecule has 0 aliphatic carbocycles. The minimum Gasteiger partial charge on any atom is -0.467 e. The van der Waals surface area contributed by atoms with E-state index in [4.69, 9.17) is 9.15 Å². The van der Waals surface area contributed by atoms with Gasteiger partial charge in [-0.3, -0.25) is 4.79 Å². The first kappa shape index (κ1) is 14.9. The lowest BCUT2D eigenvalue weighted by Crippen LogP contribution is -2.44. The standard InChI is InChI=1S/C17H22N2O3/c1-12-9-16(17(20)18-6-8-21-13(2)10-18)14(3)19(12)11-15-5-4-7-22-15/h4-5,7,9,13H,6,8,10-11H2,1-3H3/t13-/m1/s1. The van der Waals surface area contributed by atoms with Crippen LogP contribution in [0.2, 0.25) is 0 Å². The number of rotatable bonds is 3. The fourth-order valence-corrected chi connectivity index (χ4v) is 2.99. The topological polar surface area (TPSA) is 47.6 Å². The van der Waals surface area contributed by atoms with E-state index in [2.05, 4.69) is 4.57 Å². The second-order valence-electron chi connectivity index (χ2n) is 5.88. The van der Waals surface area contributed by atoms with Crippen molar-refractivity contribution in [2.45, 2.75) is 33.4 Å². The van der Waals surface area contributed by atoms with E-state index in [0.717, 1.165) is 22.7 Å². The maximum Gasteiger partial charge on any atom is 0.255 e. The number of hydrogen-bond donors (Lipinski definition) is 0. The molecule has 0 N–H and O–H groups in total. The molecule has 0 unspecified atom stereocenters. The number of amides is 1. The Hall–Kier alpha value is -2.01. The van der Waals surface area contributed by atoms with E-state index in [1.165, 1.54) is 0 Å². The van der Waals surface area contributed by atoms with Crippen molar-refractivity contribution in [3.05, 3.63) is 47.2 Å². The molecule has 22 heavy (non-hydrogen) atoms. The predicted molar refractivity (Wildman–Crippen MR) is 83.0 cm³/mol. The van der Waals surface area contributed by atoms with E-state index in [1.54, 1.807) is 6.26 Å². The molecule has 0 radical (unpaired) electrons. The van der Waals surface area contributed by atoms with E-state index in [0.29, 0.717) is 26.2 Å². The fourth-order valence-electron chi connectivity index (χ4n) is 2.99. The molecular weight excluding hydrogens is 280 g/mol. The van der Waals surface area contributed by atoms with E-state index in [1.807, 2.05) is 43.9 Å². The van der Waals surface area contributed by atoms with Crippen LogP contribution in [0, 0.1) is 13.8 Å². The third-order valence-corrected chi connectivity index (χ3v) is 4.23. The molecule has 2 aromatic rings. The fraction of sp³-hybridized carbons (Fsp3) is 0.471. The first-order chi connectivity index (χ1) is 10.6. The second-order valence-corrected chi connectivity index (χ2v) is 5.88. The van der Waals surface area contributed by atoms with Gasteiger partial charge in [0.05, 0.1) is 31.1 Å². The Morgan fingerprint density at radius 2 is 2.23 bits per heavy atom. The second kappa shape index (κ2) is 6.01. The Labute approximate surface area is 130 Å². The SMILES string of the molecule is Cc1cc(C(=O)N2CCO[C@H](C)C2)c(C)n1Cc1ccco1. The highest BCUT2D eigenvalue weighted by atomic mass is 16.5. The van der Waals surface area contributed by atoms with Gasteiger partial charge in [-0.2, -0.15) is 0 Å². The summed E-state index contributed by atoms with van der Waals surface area (Å²) in [5.41, 5.74) is 2.83. The summed E-state index contributed by atoms with van der Waals surface area (Å²) >= 11 is 0. The van der Waals surface area contributed by atoms with Crippen LogP contribution < -0.4 is 0 Å². The van der Waals surface area contributed by atoms with Crippen molar-refractivity contribution < 1.29 is 13.9 Å². The highest BCUT2D eigenvalue weighted by Crippen LogP contribution is 2.20. The lowest BCUT2D eigenvalue weighted by Gasteiger charge is -2.31. The third kappa shape index (κ3) is 2.81. The molecule has 3 heterocycles. The smallest absolute Gasteiger partial charge is 0.255 e. The average Bonchev–Trinajstić information content (AvgIpc) is 3.10. The van der Waals surface area contributed by atoms with Crippen LogP contribution in [0.15, 0.2) is 28.9 Å². The molecule has 1 fully saturated rings. The molecule has 0 spiro atoms. The molecule has 0 bridgehead atoms. The molecule has 1 saturated heterocycles. The minimum absolute atomic E-state index is 0.0916. The number of carbonyl (C=O) groups is 1. The zero-order chi connectivity index (χ0) is 15.7. The van der Waals surface area contributed by atoms with Gasteiger partial charge in [0.15, 0.2) is 0 Å². The van der Waals surface area contributed by atoms with Crippen molar-refractivity contribution in [1.29, 1.82) is 0 Å². The zero-order valence-corrected chi connectivity index (χ0v) is 13.3. The van der Waals surface area contributed by atoms with Crippen molar-refractivity contribution in [1.82, 2.24) is 9.47 Å². The molecule has 3 rings (SSSR count). The average molecular weight is 302 g/mol. The number of nitrogens with zero attached hydrogens (tertiary/aromatic N) is 2. The highest BCUT2D eigenvalue weighted by molar-refractivity contribution is 5.95. The van der Waals surface area contributed by atoms with Gasteiger partial charge in [0.2, 0.25) is 0 Å². The lowest BCUT2D eigenvalue weighted by molar-refractivity contribution is -0.0124. The summed E-state index contributed by atoms with van der Waals surface area (Å²) in [6, 6.07) is 5.80. The van der Waals surface area contributed by atoms with Gasteiger partial charge >= 0.3 is 0 Å². The normalized spacial score (nSPS) is 18.7. The van der Waals surface area contributed by atoms with Crippen molar-refractivity contribution >= 4 is 5.91 Å². The van der Waals surface area contributed by atoms with Crippen molar-refractivity contribution in [2.75, 3.05) is 19.7 Å². The summed E-state index contributed by atoms with van der Waals surface area (Å²) in [5.74, 6) is 0.981. The van der Waals surface area contributed by atoms with Gasteiger partial charge in [0.1, 0.15) is 5.76 Å². The maximum absolute atomic E-state index is 12.8. The monoisotopic (exact) mass is 302 g/mol. The van der Waals surface area contributed by atoms with Gasteiger partial charge in [-0.15, -0.1) is 0 Å². The number of aromatic nitrogens is 1. The van der Waals surface area contributed by atoms with Crippen LogP contribution in [0.4, 0.5) is 0 Å². The Morgan fingerprint density at radius 3 is 2.91 bits per heavy atom. The highest BCUT2D eigenvalue weighted by Gasteiger charge is 2.25. The Bertz CT molecular complexity index is 658. The van der Waals surface area contributed by atoms with Gasteiger partial charge in [-0.05, 0) is 39.0 Å². The largest absolute Gasteiger partial charge is 0.467 e. The summed E-state index contributed by atoms with van der Waals surface area (Å²) in [5, 5.41) is 0. The van der Waals surface area contributed by atoms with E-state index < -0.39 is 0 Å². The van der Waals surface area contributed by atoms with Crippen LogP contribution in [-0.2, 0) is 11.3 Å². The predicted octanol–water partition coefficient (Wildman–Crippen LogP) is 2.61. The Balaban J connectivity index is 1.83. The van der Waals surface area contributed by atoms with Gasteiger partial charge in [-0.25, -0.2) is 0 Å². The Kier molecular flexibility index (Phi) is 4.07. The van der Waals surface area contributed by atoms with Crippen LogP contribution in [0.1, 0.15) is 34.4 Å². The number of morpholine rings is 1. The van der Waals surface area contributed by atoms with Crippen LogP contribution in [-0.4, -0.2) is 41.2 Å². The number of carbonyl (C=O) groups excluding carboxylic acids is 1. The molecule has 2 aromatic heterocycles. The summed E-state index contributed by atoms with van der Waals surface area (Å²) in [6.45, 7) is 8.59. The molecule has 5 heteroatoms. The van der Waals surface area contributed by atoms with Gasteiger partial charge in [0, 0.05) is 24.5 Å². The summed E-state index contributed by atoms with van der Waals surface area (Å²) in [7, 11) is 0. The molecule has 1 amide bonds. The molecule has 1 atom stereocenters. The lowest BCUT2D eigenvalue weighted by atomic mass is 10.2. The van der Waals surface area contributed by atoms with Gasteiger partial charge in [-0.1, -0.05) is 0 Å². The van der Waals surface area contributed by atoms with E-state index in [9.17, 15) is 4.79 Å². The van der Waals surface area contributed by atoms with Crippen LogP contribution in [0.3, 0.4) is 0 Å². The first-order valence-electron chi connectivity index (χ1n) is 7.66. The number of hydrogen-bond acceptors (Lipinski definition) is 3. The van der Waals surface area contributed by atoms with Crippen molar-refractivity contribution in [3.8, 4) is 0 Å². The molecule has 1 aliphatic heterocycles. The molecular formula is C17H22N2O3. The maximum atomic E-state index is 12.8. The molecule has 1 aliphatic rings. The quantitative estimate of drug-likeness (QED) is 0.875. The zero-order valence-electron chi connectivity index (χ0n) is 13.3. The van der Waals surface area contributed by atoms with Crippen molar-refractivity contribution in [2.24, 2.45) is 0 Å². The van der Waals surface area contributed by atoms with Crippen molar-refractivity contribution in [3.63, 3.8) is 0 Å². The summed E-state index contributed by atoms with van der Waals surface area (Å²) < 4.78 is 13.0. The number of ether oxygens (including phenoxy) is 1. The first-order valence-corrected chi connectivity index (χ1v) is 7.66. The van der Waals surface area contributed by atoms with Crippen LogP contribution in [0.5, 0.6) is 0 Å². The van der Waals surface area contributed by atoms with E-state index in [-0.39, 0.29) is 12.0 Å². The number of aryl methyl sites for hydroxylation is 1. The van der Waals surface area contributed by atoms with Crippen LogP contribution in [0.25, 0.3) is 0 Å². The van der Waals surface area contributed by atoms with Gasteiger partial charge < -0.3 is 18.6 Å². The summed E-state index contributed by atoms with van der Waals surface area (Å²) in [4.78, 5) is 14.6. The Morgan fingerprint density at radius 1 is 1.41 bits per heavy atom. The molecule has 0 saturated carbocycles. The molecule has 118 valence electrons. The minimum atomic E-state index is 0.0916. The van der Waals surface area contributed by atoms with Crippen LogP contribution >= 0.6 is 0 Å². The van der Waals surface area contributed by atoms with Gasteiger partial charge in [0.25, 0.3) is 5.91 Å². The molecule has 0 aromatic carbocycles. The summed E-state index contributed by atoms with van der Waals surface area (Å²) in [6.07, 6.45) is 1.77. The van der Waals surface area contributed by atoms with E-state index >= 15 is 0 Å².